The van der Waals surface area contributed by atoms with Crippen LogP contribution in [0.25, 0.3) is 0 Å². The molecule has 0 rings (SSSR count). The molecule has 11 heavy (non-hydrogen) atoms. The van der Waals surface area contributed by atoms with E-state index in [2.05, 4.69) is 6.92 Å². The topological polar surface area (TPSA) is 9.23 Å². The molecule has 1 nitrogen and oxygen atoms in total. The van der Waals surface area contributed by atoms with Gasteiger partial charge in [0, 0.05) is 13.2 Å². The number of ether oxygens (including phenoxy) is 1. The number of hydrogen-bond donors (Lipinski definition) is 0. The van der Waals surface area contributed by atoms with E-state index in [1.165, 1.54) is 17.4 Å². The predicted molar refractivity (Wildman–Crippen MR) is 47.6 cm³/mol. The smallest absolute Gasteiger partial charge is 0.0437 e. The van der Waals surface area contributed by atoms with Crippen molar-refractivity contribution in [2.24, 2.45) is 0 Å². The molecular weight excluding hydrogens is 216 g/mol. The van der Waals surface area contributed by atoms with Gasteiger partial charge in [-0.3, -0.25) is 0 Å². The first-order chi connectivity index (χ1) is 4.83. The van der Waals surface area contributed by atoms with E-state index in [4.69, 9.17) is 4.74 Å². The summed E-state index contributed by atoms with van der Waals surface area (Å²) in [5, 5.41) is 0. The minimum atomic E-state index is 0. The van der Waals surface area contributed by atoms with Gasteiger partial charge in [0.2, 0.25) is 0 Å². The van der Waals surface area contributed by atoms with Crippen molar-refractivity contribution in [2.45, 2.75) is 38.2 Å². The molecular formula is C8H19BrMgO. The summed E-state index contributed by atoms with van der Waals surface area (Å²) in [7, 11) is 0. The molecule has 0 saturated carbocycles. The minimum Gasteiger partial charge on any atom is -1.00 e. The summed E-state index contributed by atoms with van der Waals surface area (Å²) < 4.78 is 6.20. The fraction of sp³-hybridized carbons (Fsp3) is 1.00. The Morgan fingerprint density at radius 1 is 1.09 bits per heavy atom. The standard InChI is InChI=1S/C4H10O.C4H9.BrH.Mg/c1-3-5-4-2;1-3-4-2;;/h3-4H2,1-2H3;1,3-4H2,2H3;1H;/q;;;+1/p-1. The molecule has 0 fully saturated rings. The molecule has 0 unspecified atom stereocenters. The molecule has 0 amide bonds. The second kappa shape index (κ2) is 22.5. The largest absolute Gasteiger partial charge is 1.00 e. The number of hydrogen-bond acceptors (Lipinski definition) is 1. The van der Waals surface area contributed by atoms with Gasteiger partial charge in [-0.25, -0.2) is 0 Å². The van der Waals surface area contributed by atoms with Crippen LogP contribution in [0.2, 0.25) is 4.55 Å². The van der Waals surface area contributed by atoms with Gasteiger partial charge in [-0.05, 0) is 13.8 Å². The molecule has 0 radical (unpaired) electrons. The maximum atomic E-state index is 4.83. The SMILES string of the molecule is CCC[CH2][Mg+].CCOCC.[Br-]. The zero-order valence-corrected chi connectivity index (χ0v) is 11.0. The van der Waals surface area contributed by atoms with Crippen LogP contribution in [0.15, 0.2) is 0 Å². The summed E-state index contributed by atoms with van der Waals surface area (Å²) in [6.07, 6.45) is 2.75. The molecule has 0 saturated heterocycles. The molecule has 66 valence electrons. The van der Waals surface area contributed by atoms with Gasteiger partial charge >= 0.3 is 46.0 Å². The number of halogens is 1. The molecule has 0 aromatic rings. The number of rotatable bonds is 4. The number of unbranched alkanes of at least 4 members (excludes halogenated alkanes) is 1. The second-order valence-corrected chi connectivity index (χ2v) is 2.70. The maximum Gasteiger partial charge on any atom is 0.0437 e. The van der Waals surface area contributed by atoms with Crippen LogP contribution in [0.5, 0.6) is 0 Å². The monoisotopic (exact) mass is 234 g/mol. The van der Waals surface area contributed by atoms with Crippen molar-refractivity contribution in [1.29, 1.82) is 0 Å². The van der Waals surface area contributed by atoms with Crippen molar-refractivity contribution >= 4 is 21.7 Å². The maximum absolute atomic E-state index is 4.83. The molecule has 0 spiro atoms. The van der Waals surface area contributed by atoms with E-state index in [-0.39, 0.29) is 17.0 Å². The zero-order chi connectivity index (χ0) is 8.24. The first-order valence-corrected chi connectivity index (χ1v) is 5.20. The first-order valence-electron chi connectivity index (χ1n) is 4.20. The quantitative estimate of drug-likeness (QED) is 0.593. The van der Waals surface area contributed by atoms with Gasteiger partial charge in [-0.2, -0.15) is 0 Å². The van der Waals surface area contributed by atoms with Crippen molar-refractivity contribution in [3.05, 3.63) is 0 Å². The zero-order valence-electron chi connectivity index (χ0n) is 8.03. The van der Waals surface area contributed by atoms with Crippen molar-refractivity contribution < 1.29 is 21.7 Å². The van der Waals surface area contributed by atoms with E-state index in [0.29, 0.717) is 0 Å². The fourth-order valence-corrected chi connectivity index (χ4v) is 0.954. The average Bonchev–Trinajstić information content (AvgIpc) is 1.93. The van der Waals surface area contributed by atoms with E-state index in [0.717, 1.165) is 13.2 Å². The van der Waals surface area contributed by atoms with Gasteiger partial charge in [0.05, 0.1) is 0 Å². The minimum absolute atomic E-state index is 0. The molecule has 0 atom stereocenters. The van der Waals surface area contributed by atoms with Crippen LogP contribution >= 0.6 is 0 Å². The molecule has 0 aliphatic heterocycles. The van der Waals surface area contributed by atoms with Gasteiger partial charge in [0.25, 0.3) is 0 Å². The third-order valence-electron chi connectivity index (χ3n) is 1.01. The van der Waals surface area contributed by atoms with Crippen LogP contribution in [-0.4, -0.2) is 34.9 Å². The van der Waals surface area contributed by atoms with E-state index in [1.807, 2.05) is 35.6 Å². The van der Waals surface area contributed by atoms with Crippen LogP contribution in [0.4, 0.5) is 0 Å². The van der Waals surface area contributed by atoms with Gasteiger partial charge in [-0.1, -0.05) is 0 Å². The summed E-state index contributed by atoms with van der Waals surface area (Å²) in [5.41, 5.74) is 0. The van der Waals surface area contributed by atoms with Crippen molar-refractivity contribution in [1.82, 2.24) is 0 Å². The summed E-state index contributed by atoms with van der Waals surface area (Å²) in [4.78, 5) is 0. The average molecular weight is 235 g/mol. The van der Waals surface area contributed by atoms with E-state index in [9.17, 15) is 0 Å². The van der Waals surface area contributed by atoms with Crippen molar-refractivity contribution in [3.8, 4) is 0 Å². The summed E-state index contributed by atoms with van der Waals surface area (Å²) >= 11 is 2.05. The van der Waals surface area contributed by atoms with Crippen LogP contribution in [0, 0.1) is 0 Å². The Morgan fingerprint density at radius 2 is 1.55 bits per heavy atom. The van der Waals surface area contributed by atoms with E-state index < -0.39 is 0 Å². The molecule has 0 aliphatic rings. The van der Waals surface area contributed by atoms with Gasteiger partial charge in [-0.15, -0.1) is 0 Å². The molecule has 3 heteroatoms. The predicted octanol–water partition coefficient (Wildman–Crippen LogP) is -0.580. The van der Waals surface area contributed by atoms with Crippen LogP contribution in [-0.2, 0) is 4.74 Å². The Labute approximate surface area is 94.5 Å². The molecule has 0 aromatic carbocycles. The Kier molecular flexibility index (Phi) is 37.0. The second-order valence-electron chi connectivity index (χ2n) is 1.99. The Bertz CT molecular complexity index is 35.1. The molecule has 0 aliphatic carbocycles. The normalized spacial score (nSPS) is 7.73. The van der Waals surface area contributed by atoms with Crippen LogP contribution in [0.3, 0.4) is 0 Å². The summed E-state index contributed by atoms with van der Waals surface area (Å²) in [6.45, 7) is 7.88. The van der Waals surface area contributed by atoms with Gasteiger partial charge < -0.3 is 21.7 Å². The van der Waals surface area contributed by atoms with Crippen molar-refractivity contribution in [3.63, 3.8) is 0 Å². The molecule has 0 heterocycles. The first kappa shape index (κ1) is 18.1. The Balaban J connectivity index is -0.000000107. The summed E-state index contributed by atoms with van der Waals surface area (Å²) in [5.74, 6) is 0. The van der Waals surface area contributed by atoms with Crippen LogP contribution in [0.1, 0.15) is 33.6 Å². The molecule has 0 bridgehead atoms. The van der Waals surface area contributed by atoms with Crippen molar-refractivity contribution in [2.75, 3.05) is 13.2 Å². The van der Waals surface area contributed by atoms with Gasteiger partial charge in [0.15, 0.2) is 0 Å². The molecule has 0 aromatic heterocycles. The fourth-order valence-electron chi connectivity index (χ4n) is 0.454. The molecule has 0 N–H and O–H groups in total. The van der Waals surface area contributed by atoms with E-state index in [1.54, 1.807) is 0 Å². The third-order valence-corrected chi connectivity index (χ3v) is 1.51. The van der Waals surface area contributed by atoms with Gasteiger partial charge in [0.1, 0.15) is 0 Å². The van der Waals surface area contributed by atoms with Crippen LogP contribution < -0.4 is 17.0 Å². The Morgan fingerprint density at radius 3 is 1.55 bits per heavy atom. The Hall–Kier alpha value is 1.21. The van der Waals surface area contributed by atoms with E-state index >= 15 is 0 Å². The third kappa shape index (κ3) is 35.0. The summed E-state index contributed by atoms with van der Waals surface area (Å²) in [6, 6.07) is 0.